The van der Waals surface area contributed by atoms with Gasteiger partial charge >= 0.3 is 0 Å². The molecule has 0 fully saturated rings. The molecular weight excluding hydrogens is 248 g/mol. The van der Waals surface area contributed by atoms with Crippen LogP contribution in [0.25, 0.3) is 0 Å². The van der Waals surface area contributed by atoms with E-state index in [0.29, 0.717) is 0 Å². The Morgan fingerprint density at radius 3 is 2.77 bits per heavy atom. The topological polar surface area (TPSA) is 38.0 Å². The molecule has 1 unspecified atom stereocenters. The van der Waals surface area contributed by atoms with Crippen LogP contribution in [0.4, 0.5) is 0 Å². The summed E-state index contributed by atoms with van der Waals surface area (Å²) in [5, 5.41) is 2.09. The summed E-state index contributed by atoms with van der Waals surface area (Å²) >= 11 is 5.09. The van der Waals surface area contributed by atoms with E-state index in [1.165, 1.54) is 11.1 Å². The number of nitrogens with one attached hydrogen (secondary N) is 1. The van der Waals surface area contributed by atoms with Gasteiger partial charge in [0.2, 0.25) is 0 Å². The van der Waals surface area contributed by atoms with Crippen molar-refractivity contribution in [3.8, 4) is 0 Å². The molecule has 0 saturated heterocycles. The van der Waals surface area contributed by atoms with Gasteiger partial charge in [-0.1, -0.05) is 11.6 Å². The van der Waals surface area contributed by atoms with Crippen molar-refractivity contribution in [2.45, 2.75) is 19.9 Å². The predicted octanol–water partition coefficient (Wildman–Crippen LogP) is 2.98. The molecule has 3 N–H and O–H groups in total. The second-order valence-corrected chi connectivity index (χ2v) is 5.36. The van der Waals surface area contributed by atoms with Crippen LogP contribution < -0.4 is 11.3 Å². The second kappa shape index (κ2) is 4.91. The van der Waals surface area contributed by atoms with Crippen LogP contribution in [0.15, 0.2) is 26.9 Å². The van der Waals surface area contributed by atoms with E-state index in [2.05, 4.69) is 52.7 Å². The Hall–Kier alpha value is -0.160. The van der Waals surface area contributed by atoms with Crippen molar-refractivity contribution >= 4 is 27.3 Å². The first-order chi connectivity index (χ1) is 6.13. The molecule has 0 spiro atoms. The standard InChI is InChI=1S/C9H13BrN2S/c1-6(2)3-8(12-11)7-4-9(10)13-5-7/h3-5,8,12H,11H2,1-2H3. The van der Waals surface area contributed by atoms with Gasteiger partial charge in [0, 0.05) is 0 Å². The Bertz CT molecular complexity index is 302. The molecule has 0 aromatic carbocycles. The van der Waals surface area contributed by atoms with Gasteiger partial charge in [-0.3, -0.25) is 5.84 Å². The number of hydrogen-bond acceptors (Lipinski definition) is 3. The molecule has 4 heteroatoms. The highest BCUT2D eigenvalue weighted by atomic mass is 79.9. The lowest BCUT2D eigenvalue weighted by molar-refractivity contribution is 0.654. The van der Waals surface area contributed by atoms with Crippen LogP contribution in [-0.4, -0.2) is 0 Å². The molecule has 0 bridgehead atoms. The van der Waals surface area contributed by atoms with Gasteiger partial charge in [0.25, 0.3) is 0 Å². The summed E-state index contributed by atoms with van der Waals surface area (Å²) in [7, 11) is 0. The van der Waals surface area contributed by atoms with E-state index in [1.807, 2.05) is 0 Å². The van der Waals surface area contributed by atoms with Crippen molar-refractivity contribution in [2.75, 3.05) is 0 Å². The molecule has 0 aliphatic carbocycles. The third kappa shape index (κ3) is 3.23. The number of rotatable bonds is 3. The SMILES string of the molecule is CC(C)=CC(NN)c1csc(Br)c1. The van der Waals surface area contributed by atoms with Crippen molar-refractivity contribution in [1.82, 2.24) is 5.43 Å². The van der Waals surface area contributed by atoms with Gasteiger partial charge in [-0.15, -0.1) is 11.3 Å². The van der Waals surface area contributed by atoms with E-state index >= 15 is 0 Å². The van der Waals surface area contributed by atoms with Gasteiger partial charge in [0.05, 0.1) is 9.83 Å². The first-order valence-corrected chi connectivity index (χ1v) is 5.66. The molecule has 0 saturated carbocycles. The first-order valence-electron chi connectivity index (χ1n) is 3.98. The number of halogens is 1. The lowest BCUT2D eigenvalue weighted by Gasteiger charge is -2.09. The summed E-state index contributed by atoms with van der Waals surface area (Å²) in [4.78, 5) is 0. The molecule has 0 amide bonds. The van der Waals surface area contributed by atoms with Gasteiger partial charge in [-0.2, -0.15) is 0 Å². The van der Waals surface area contributed by atoms with E-state index in [4.69, 9.17) is 5.84 Å². The van der Waals surface area contributed by atoms with Crippen LogP contribution in [0.1, 0.15) is 25.5 Å². The largest absolute Gasteiger partial charge is 0.271 e. The Balaban J connectivity index is 2.84. The van der Waals surface area contributed by atoms with E-state index in [9.17, 15) is 0 Å². The zero-order chi connectivity index (χ0) is 9.84. The number of hydrazine groups is 1. The van der Waals surface area contributed by atoms with Crippen LogP contribution in [0, 0.1) is 0 Å². The van der Waals surface area contributed by atoms with Crippen molar-refractivity contribution in [3.05, 3.63) is 32.4 Å². The molecule has 1 aromatic rings. The van der Waals surface area contributed by atoms with Crippen LogP contribution in [0.3, 0.4) is 0 Å². The highest BCUT2D eigenvalue weighted by Crippen LogP contribution is 2.26. The molecule has 0 aliphatic heterocycles. The normalized spacial score (nSPS) is 12.6. The number of nitrogens with two attached hydrogens (primary N) is 1. The summed E-state index contributed by atoms with van der Waals surface area (Å²) in [6.07, 6.45) is 2.11. The summed E-state index contributed by atoms with van der Waals surface area (Å²) in [6, 6.07) is 2.20. The third-order valence-electron chi connectivity index (χ3n) is 1.63. The van der Waals surface area contributed by atoms with Crippen molar-refractivity contribution < 1.29 is 0 Å². The fourth-order valence-corrected chi connectivity index (χ4v) is 2.27. The molecule has 0 radical (unpaired) electrons. The van der Waals surface area contributed by atoms with E-state index < -0.39 is 0 Å². The smallest absolute Gasteiger partial charge is 0.0701 e. The van der Waals surface area contributed by atoms with Gasteiger partial charge in [0.1, 0.15) is 0 Å². The number of allylic oxidation sites excluding steroid dienone is 1. The summed E-state index contributed by atoms with van der Waals surface area (Å²) < 4.78 is 1.13. The average molecular weight is 261 g/mol. The molecule has 1 rings (SSSR count). The predicted molar refractivity (Wildman–Crippen MR) is 61.5 cm³/mol. The zero-order valence-corrected chi connectivity index (χ0v) is 10.1. The van der Waals surface area contributed by atoms with Crippen LogP contribution in [0.5, 0.6) is 0 Å². The van der Waals surface area contributed by atoms with E-state index in [1.54, 1.807) is 11.3 Å². The fourth-order valence-electron chi connectivity index (χ4n) is 1.06. The second-order valence-electron chi connectivity index (χ2n) is 3.07. The highest BCUT2D eigenvalue weighted by molar-refractivity contribution is 9.11. The van der Waals surface area contributed by atoms with Gasteiger partial charge < -0.3 is 0 Å². The fraction of sp³-hybridized carbons (Fsp3) is 0.333. The van der Waals surface area contributed by atoms with E-state index in [0.717, 1.165) is 3.79 Å². The van der Waals surface area contributed by atoms with Gasteiger partial charge in [-0.05, 0) is 46.8 Å². The minimum Gasteiger partial charge on any atom is -0.271 e. The minimum absolute atomic E-state index is 0.118. The maximum atomic E-state index is 5.46. The lowest BCUT2D eigenvalue weighted by atomic mass is 10.1. The van der Waals surface area contributed by atoms with Crippen molar-refractivity contribution in [3.63, 3.8) is 0 Å². The lowest BCUT2D eigenvalue weighted by Crippen LogP contribution is -2.26. The zero-order valence-electron chi connectivity index (χ0n) is 7.67. The quantitative estimate of drug-likeness (QED) is 0.498. The van der Waals surface area contributed by atoms with Crippen molar-refractivity contribution in [1.29, 1.82) is 0 Å². The molecule has 2 nitrogen and oxygen atoms in total. The third-order valence-corrected chi connectivity index (χ3v) is 3.15. The van der Waals surface area contributed by atoms with Crippen LogP contribution in [0.2, 0.25) is 0 Å². The summed E-state index contributed by atoms with van der Waals surface area (Å²) in [5.74, 6) is 5.46. The number of thiophene rings is 1. The molecule has 1 heterocycles. The van der Waals surface area contributed by atoms with Crippen LogP contribution >= 0.6 is 27.3 Å². The monoisotopic (exact) mass is 260 g/mol. The highest BCUT2D eigenvalue weighted by Gasteiger charge is 2.07. The summed E-state index contributed by atoms with van der Waals surface area (Å²) in [5.41, 5.74) is 5.22. The molecule has 1 atom stereocenters. The minimum atomic E-state index is 0.118. The number of hydrogen-bond donors (Lipinski definition) is 2. The molecule has 1 aromatic heterocycles. The maximum absolute atomic E-state index is 5.46. The Kier molecular flexibility index (Phi) is 4.12. The molecule has 72 valence electrons. The molecular formula is C9H13BrN2S. The van der Waals surface area contributed by atoms with E-state index in [-0.39, 0.29) is 6.04 Å². The van der Waals surface area contributed by atoms with Gasteiger partial charge in [-0.25, -0.2) is 5.43 Å². The van der Waals surface area contributed by atoms with Gasteiger partial charge in [0.15, 0.2) is 0 Å². The first kappa shape index (κ1) is 10.9. The Morgan fingerprint density at radius 1 is 1.69 bits per heavy atom. The average Bonchev–Trinajstić information content (AvgIpc) is 2.47. The van der Waals surface area contributed by atoms with Crippen LogP contribution in [-0.2, 0) is 0 Å². The Labute approximate surface area is 90.9 Å². The summed E-state index contributed by atoms with van der Waals surface area (Å²) in [6.45, 7) is 4.12. The Morgan fingerprint density at radius 2 is 2.38 bits per heavy atom. The van der Waals surface area contributed by atoms with Crippen molar-refractivity contribution in [2.24, 2.45) is 5.84 Å². The molecule has 0 aliphatic rings. The maximum Gasteiger partial charge on any atom is 0.0701 e. The molecule has 13 heavy (non-hydrogen) atoms.